The van der Waals surface area contributed by atoms with Gasteiger partial charge in [-0.15, -0.1) is 24.8 Å². The maximum atomic E-state index is 13.0. The molecular weight excluding hydrogens is 489 g/mol. The van der Waals surface area contributed by atoms with Crippen molar-refractivity contribution in [2.24, 2.45) is 11.5 Å². The van der Waals surface area contributed by atoms with E-state index in [0.717, 1.165) is 45.2 Å². The Morgan fingerprint density at radius 1 is 0.556 bits per heavy atom. The molecule has 0 saturated heterocycles. The fourth-order valence-electron chi connectivity index (χ4n) is 4.78. The van der Waals surface area contributed by atoms with Crippen LogP contribution in [0.3, 0.4) is 0 Å². The SMILES string of the molecule is CCCCCCCCCCCCN(CCCCCCCCCCCC)C(=O)C(N)CCCCN.Cl.Cl. The number of halogens is 2. The number of amides is 1. The number of carbonyl (C=O) groups is 1. The van der Waals surface area contributed by atoms with Crippen molar-refractivity contribution in [1.29, 1.82) is 0 Å². The van der Waals surface area contributed by atoms with Crippen LogP contribution in [-0.4, -0.2) is 36.5 Å². The molecule has 4 N–H and O–H groups in total. The van der Waals surface area contributed by atoms with Crippen molar-refractivity contribution in [1.82, 2.24) is 4.90 Å². The summed E-state index contributed by atoms with van der Waals surface area (Å²) in [6, 6.07) is -0.349. The molecule has 0 aliphatic rings. The van der Waals surface area contributed by atoms with Gasteiger partial charge in [0.1, 0.15) is 0 Å². The van der Waals surface area contributed by atoms with Gasteiger partial charge in [-0.3, -0.25) is 4.79 Å². The van der Waals surface area contributed by atoms with E-state index in [1.165, 1.54) is 116 Å². The minimum atomic E-state index is -0.349. The summed E-state index contributed by atoms with van der Waals surface area (Å²) in [5.74, 6) is 0.170. The van der Waals surface area contributed by atoms with Crippen LogP contribution in [0, 0.1) is 0 Å². The summed E-state index contributed by atoms with van der Waals surface area (Å²) < 4.78 is 0. The van der Waals surface area contributed by atoms with Gasteiger partial charge in [0.05, 0.1) is 6.04 Å². The summed E-state index contributed by atoms with van der Waals surface area (Å²) in [5.41, 5.74) is 11.9. The zero-order valence-electron chi connectivity index (χ0n) is 24.3. The van der Waals surface area contributed by atoms with E-state index in [1.54, 1.807) is 0 Å². The molecule has 0 aromatic carbocycles. The monoisotopic (exact) mass is 553 g/mol. The van der Waals surface area contributed by atoms with Crippen molar-refractivity contribution < 1.29 is 4.79 Å². The number of nitrogens with zero attached hydrogens (tertiary/aromatic N) is 1. The molecule has 220 valence electrons. The van der Waals surface area contributed by atoms with Crippen molar-refractivity contribution in [3.63, 3.8) is 0 Å². The Hall–Kier alpha value is -0.0300. The number of nitrogens with two attached hydrogens (primary N) is 2. The van der Waals surface area contributed by atoms with E-state index in [9.17, 15) is 4.79 Å². The number of hydrogen-bond acceptors (Lipinski definition) is 3. The standard InChI is InChI=1S/C30H63N3O.2ClH/c1-3-5-7-9-11-13-15-17-19-23-27-33(30(34)29(32)25-21-22-26-31)28-24-20-18-16-14-12-10-8-6-4-2;;/h29H,3-28,31-32H2,1-2H3;2*1H. The molecule has 1 amide bonds. The maximum absolute atomic E-state index is 13.0. The summed E-state index contributed by atoms with van der Waals surface area (Å²) in [6.07, 6.45) is 29.2. The largest absolute Gasteiger partial charge is 0.341 e. The van der Waals surface area contributed by atoms with E-state index in [1.807, 2.05) is 0 Å². The second-order valence-electron chi connectivity index (χ2n) is 10.6. The van der Waals surface area contributed by atoms with Crippen LogP contribution in [0.25, 0.3) is 0 Å². The fourth-order valence-corrected chi connectivity index (χ4v) is 4.78. The lowest BCUT2D eigenvalue weighted by Gasteiger charge is -2.26. The maximum Gasteiger partial charge on any atom is 0.239 e. The van der Waals surface area contributed by atoms with Crippen LogP contribution >= 0.6 is 24.8 Å². The molecule has 4 nitrogen and oxygen atoms in total. The summed E-state index contributed by atoms with van der Waals surface area (Å²) in [6.45, 7) is 7.01. The molecule has 0 aromatic heterocycles. The summed E-state index contributed by atoms with van der Waals surface area (Å²) in [5, 5.41) is 0. The predicted octanol–water partition coefficient (Wildman–Crippen LogP) is 8.96. The van der Waals surface area contributed by atoms with Crippen LogP contribution in [0.1, 0.15) is 162 Å². The highest BCUT2D eigenvalue weighted by molar-refractivity contribution is 5.85. The van der Waals surface area contributed by atoms with Crippen LogP contribution in [0.2, 0.25) is 0 Å². The number of unbranched alkanes of at least 4 members (excludes halogenated alkanes) is 19. The molecule has 0 aliphatic heterocycles. The summed E-state index contributed by atoms with van der Waals surface area (Å²) in [7, 11) is 0. The number of carbonyl (C=O) groups excluding carboxylic acids is 1. The Balaban J connectivity index is -0.00000544. The van der Waals surface area contributed by atoms with Crippen LogP contribution in [0.5, 0.6) is 0 Å². The van der Waals surface area contributed by atoms with E-state index in [0.29, 0.717) is 6.54 Å². The molecule has 0 radical (unpaired) electrons. The van der Waals surface area contributed by atoms with Gasteiger partial charge in [-0.2, -0.15) is 0 Å². The van der Waals surface area contributed by atoms with Gasteiger partial charge < -0.3 is 16.4 Å². The second kappa shape index (κ2) is 33.0. The van der Waals surface area contributed by atoms with E-state index < -0.39 is 0 Å². The van der Waals surface area contributed by atoms with Crippen LogP contribution in [0.4, 0.5) is 0 Å². The molecule has 0 fully saturated rings. The molecule has 0 saturated carbocycles. The molecule has 0 rings (SSSR count). The van der Waals surface area contributed by atoms with Crippen molar-refractivity contribution >= 4 is 30.7 Å². The van der Waals surface area contributed by atoms with Crippen molar-refractivity contribution in [3.05, 3.63) is 0 Å². The first kappa shape index (κ1) is 40.5. The Morgan fingerprint density at radius 2 is 0.889 bits per heavy atom. The molecular formula is C30H65Cl2N3O. The molecule has 1 atom stereocenters. The van der Waals surface area contributed by atoms with E-state index in [-0.39, 0.29) is 36.8 Å². The Kier molecular flexibility index (Phi) is 37.1. The smallest absolute Gasteiger partial charge is 0.239 e. The number of hydrogen-bond donors (Lipinski definition) is 2. The highest BCUT2D eigenvalue weighted by atomic mass is 35.5. The highest BCUT2D eigenvalue weighted by Gasteiger charge is 2.20. The van der Waals surface area contributed by atoms with Gasteiger partial charge in [-0.05, 0) is 32.2 Å². The van der Waals surface area contributed by atoms with Crippen molar-refractivity contribution in [2.75, 3.05) is 19.6 Å². The fraction of sp³-hybridized carbons (Fsp3) is 0.967. The third-order valence-corrected chi connectivity index (χ3v) is 7.16. The van der Waals surface area contributed by atoms with Crippen LogP contribution < -0.4 is 11.5 Å². The van der Waals surface area contributed by atoms with Gasteiger partial charge in [0.2, 0.25) is 5.91 Å². The second-order valence-corrected chi connectivity index (χ2v) is 10.6. The Morgan fingerprint density at radius 3 is 1.22 bits per heavy atom. The Bertz CT molecular complexity index is 403. The lowest BCUT2D eigenvalue weighted by Crippen LogP contribution is -2.44. The molecule has 36 heavy (non-hydrogen) atoms. The van der Waals surface area contributed by atoms with Crippen LogP contribution in [-0.2, 0) is 4.79 Å². The minimum Gasteiger partial charge on any atom is -0.341 e. The van der Waals surface area contributed by atoms with E-state index >= 15 is 0 Å². The third-order valence-electron chi connectivity index (χ3n) is 7.16. The van der Waals surface area contributed by atoms with Crippen LogP contribution in [0.15, 0.2) is 0 Å². The molecule has 0 aromatic rings. The topological polar surface area (TPSA) is 72.3 Å². The molecule has 1 unspecified atom stereocenters. The highest BCUT2D eigenvalue weighted by Crippen LogP contribution is 2.14. The number of rotatable bonds is 27. The summed E-state index contributed by atoms with van der Waals surface area (Å²) >= 11 is 0. The zero-order valence-corrected chi connectivity index (χ0v) is 25.9. The van der Waals surface area contributed by atoms with Gasteiger partial charge in [0.15, 0.2) is 0 Å². The quantitative estimate of drug-likeness (QED) is 0.0996. The Labute approximate surface area is 238 Å². The van der Waals surface area contributed by atoms with E-state index in [4.69, 9.17) is 11.5 Å². The first-order chi connectivity index (χ1) is 16.7. The van der Waals surface area contributed by atoms with Gasteiger partial charge in [0, 0.05) is 13.1 Å². The predicted molar refractivity (Wildman–Crippen MR) is 166 cm³/mol. The molecule has 6 heteroatoms. The molecule has 0 heterocycles. The third kappa shape index (κ3) is 27.0. The van der Waals surface area contributed by atoms with Gasteiger partial charge in [0.25, 0.3) is 0 Å². The first-order valence-corrected chi connectivity index (χ1v) is 15.4. The molecule has 0 spiro atoms. The lowest BCUT2D eigenvalue weighted by molar-refractivity contribution is -0.133. The van der Waals surface area contributed by atoms with Gasteiger partial charge >= 0.3 is 0 Å². The van der Waals surface area contributed by atoms with Gasteiger partial charge in [-0.25, -0.2) is 0 Å². The lowest BCUT2D eigenvalue weighted by atomic mass is 10.0. The van der Waals surface area contributed by atoms with Gasteiger partial charge in [-0.1, -0.05) is 136 Å². The van der Waals surface area contributed by atoms with Crippen molar-refractivity contribution in [2.45, 2.75) is 168 Å². The van der Waals surface area contributed by atoms with Crippen molar-refractivity contribution in [3.8, 4) is 0 Å². The zero-order chi connectivity index (χ0) is 25.1. The first-order valence-electron chi connectivity index (χ1n) is 15.4. The molecule has 0 aliphatic carbocycles. The summed E-state index contributed by atoms with van der Waals surface area (Å²) in [4.78, 5) is 15.1. The average molecular weight is 555 g/mol. The molecule has 0 bridgehead atoms. The minimum absolute atomic E-state index is 0. The van der Waals surface area contributed by atoms with E-state index in [2.05, 4.69) is 18.7 Å². The average Bonchev–Trinajstić information content (AvgIpc) is 2.84. The normalized spacial score (nSPS) is 11.6.